The Morgan fingerprint density at radius 1 is 1.24 bits per heavy atom. The van der Waals surface area contributed by atoms with Gasteiger partial charge in [0.15, 0.2) is 0 Å². The number of aromatic nitrogens is 3. The Morgan fingerprint density at radius 2 is 2.05 bits per heavy atom. The highest BCUT2D eigenvalue weighted by Crippen LogP contribution is 2.17. The molecular formula is C14H20N4O2S. The van der Waals surface area contributed by atoms with Crippen LogP contribution in [0, 0.1) is 0 Å². The number of thiophene rings is 1. The van der Waals surface area contributed by atoms with Gasteiger partial charge in [-0.2, -0.15) is 9.97 Å². The summed E-state index contributed by atoms with van der Waals surface area (Å²) in [6, 6.07) is 4.54. The highest BCUT2D eigenvalue weighted by molar-refractivity contribution is 7.09. The van der Waals surface area contributed by atoms with Gasteiger partial charge in [0.1, 0.15) is 6.61 Å². The molecule has 0 aliphatic heterocycles. The third-order valence-electron chi connectivity index (χ3n) is 2.39. The van der Waals surface area contributed by atoms with E-state index in [1.165, 1.54) is 0 Å². The molecule has 0 fully saturated rings. The van der Waals surface area contributed by atoms with E-state index in [0.717, 1.165) is 17.8 Å². The zero-order valence-corrected chi connectivity index (χ0v) is 13.3. The Hall–Kier alpha value is -1.89. The molecule has 7 heteroatoms. The van der Waals surface area contributed by atoms with Crippen molar-refractivity contribution in [3.8, 4) is 12.0 Å². The van der Waals surface area contributed by atoms with Crippen LogP contribution in [-0.2, 0) is 6.61 Å². The Balaban J connectivity index is 2.09. The van der Waals surface area contributed by atoms with Crippen LogP contribution in [0.25, 0.3) is 0 Å². The lowest BCUT2D eigenvalue weighted by atomic mass is 10.5. The van der Waals surface area contributed by atoms with Crippen molar-refractivity contribution >= 4 is 17.3 Å². The van der Waals surface area contributed by atoms with Crippen LogP contribution >= 0.6 is 11.3 Å². The first-order valence-electron chi connectivity index (χ1n) is 6.99. The van der Waals surface area contributed by atoms with Crippen LogP contribution in [0.15, 0.2) is 17.5 Å². The molecule has 2 aromatic heterocycles. The van der Waals surface area contributed by atoms with Crippen molar-refractivity contribution < 1.29 is 9.47 Å². The normalized spacial score (nSPS) is 10.7. The molecule has 2 heterocycles. The van der Waals surface area contributed by atoms with Gasteiger partial charge in [0, 0.05) is 11.4 Å². The third kappa shape index (κ3) is 5.18. The second kappa shape index (κ2) is 7.78. The van der Waals surface area contributed by atoms with E-state index >= 15 is 0 Å². The first kappa shape index (κ1) is 15.5. The fourth-order valence-electron chi connectivity index (χ4n) is 1.51. The molecule has 2 rings (SSSR count). The Kier molecular flexibility index (Phi) is 5.74. The summed E-state index contributed by atoms with van der Waals surface area (Å²) in [4.78, 5) is 13.8. The van der Waals surface area contributed by atoms with Crippen LogP contribution in [-0.4, -0.2) is 27.6 Å². The van der Waals surface area contributed by atoms with E-state index in [0.29, 0.717) is 12.6 Å². The number of hydrogen-bond donors (Lipinski definition) is 1. The number of rotatable bonds is 8. The fraction of sp³-hybridized carbons (Fsp3) is 0.500. The molecule has 0 unspecified atom stereocenters. The molecule has 0 bridgehead atoms. The van der Waals surface area contributed by atoms with Crippen molar-refractivity contribution in [1.29, 1.82) is 0 Å². The van der Waals surface area contributed by atoms with Crippen LogP contribution < -0.4 is 14.8 Å². The predicted octanol–water partition coefficient (Wildman–Crippen LogP) is 3.12. The average Bonchev–Trinajstić information content (AvgIpc) is 2.95. The van der Waals surface area contributed by atoms with Gasteiger partial charge in [0.05, 0.1) is 6.10 Å². The van der Waals surface area contributed by atoms with Crippen molar-refractivity contribution in [1.82, 2.24) is 15.0 Å². The van der Waals surface area contributed by atoms with Gasteiger partial charge in [0.2, 0.25) is 5.95 Å². The number of anilines is 1. The lowest BCUT2D eigenvalue weighted by molar-refractivity contribution is 0.212. The average molecular weight is 308 g/mol. The lowest BCUT2D eigenvalue weighted by Gasteiger charge is -2.11. The first-order valence-corrected chi connectivity index (χ1v) is 7.87. The summed E-state index contributed by atoms with van der Waals surface area (Å²) in [5, 5.41) is 5.13. The molecule has 2 aromatic rings. The van der Waals surface area contributed by atoms with E-state index in [9.17, 15) is 0 Å². The largest absolute Gasteiger partial charge is 0.461 e. The van der Waals surface area contributed by atoms with Gasteiger partial charge in [-0.1, -0.05) is 13.0 Å². The monoisotopic (exact) mass is 308 g/mol. The van der Waals surface area contributed by atoms with Crippen LogP contribution in [0.1, 0.15) is 32.1 Å². The first-order chi connectivity index (χ1) is 10.2. The van der Waals surface area contributed by atoms with Crippen LogP contribution in [0.5, 0.6) is 12.0 Å². The highest BCUT2D eigenvalue weighted by Gasteiger charge is 2.10. The Morgan fingerprint density at radius 3 is 2.71 bits per heavy atom. The number of ether oxygens (including phenoxy) is 2. The summed E-state index contributed by atoms with van der Waals surface area (Å²) >= 11 is 1.63. The molecule has 0 amide bonds. The number of nitrogens with zero attached hydrogens (tertiary/aromatic N) is 3. The van der Waals surface area contributed by atoms with E-state index in [2.05, 4.69) is 27.2 Å². The molecular weight excluding hydrogens is 288 g/mol. The van der Waals surface area contributed by atoms with E-state index in [-0.39, 0.29) is 18.1 Å². The molecule has 0 aliphatic carbocycles. The van der Waals surface area contributed by atoms with Gasteiger partial charge < -0.3 is 14.8 Å². The van der Waals surface area contributed by atoms with Gasteiger partial charge in [-0.05, 0) is 31.7 Å². The molecule has 0 saturated carbocycles. The maximum absolute atomic E-state index is 5.62. The molecule has 21 heavy (non-hydrogen) atoms. The van der Waals surface area contributed by atoms with E-state index in [4.69, 9.17) is 9.47 Å². The summed E-state index contributed by atoms with van der Waals surface area (Å²) in [5.74, 6) is 0.476. The molecule has 0 saturated heterocycles. The van der Waals surface area contributed by atoms with Crippen LogP contribution in [0.3, 0.4) is 0 Å². The van der Waals surface area contributed by atoms with Crippen molar-refractivity contribution in [3.05, 3.63) is 22.4 Å². The molecule has 0 radical (unpaired) electrons. The third-order valence-corrected chi connectivity index (χ3v) is 3.24. The maximum Gasteiger partial charge on any atom is 0.324 e. The maximum atomic E-state index is 5.62. The van der Waals surface area contributed by atoms with E-state index in [1.807, 2.05) is 31.4 Å². The smallest absolute Gasteiger partial charge is 0.324 e. The zero-order valence-electron chi connectivity index (χ0n) is 12.5. The lowest BCUT2D eigenvalue weighted by Crippen LogP contribution is -2.13. The van der Waals surface area contributed by atoms with Crippen molar-refractivity contribution in [2.45, 2.75) is 39.9 Å². The van der Waals surface area contributed by atoms with E-state index in [1.54, 1.807) is 11.3 Å². The minimum Gasteiger partial charge on any atom is -0.461 e. The summed E-state index contributed by atoms with van der Waals surface area (Å²) in [7, 11) is 0. The fourth-order valence-corrected chi connectivity index (χ4v) is 2.13. The Labute approximate surface area is 128 Å². The quantitative estimate of drug-likeness (QED) is 0.808. The van der Waals surface area contributed by atoms with E-state index < -0.39 is 0 Å². The topological polar surface area (TPSA) is 69.2 Å². The standard InChI is InChI=1S/C14H20N4O2S/c1-4-7-15-12-16-13(18-14(17-12)20-10(2)3)19-9-11-6-5-8-21-11/h5-6,8,10H,4,7,9H2,1-3H3,(H,15,16,17,18). The van der Waals surface area contributed by atoms with Crippen molar-refractivity contribution in [2.24, 2.45) is 0 Å². The minimum atomic E-state index is -0.00317. The summed E-state index contributed by atoms with van der Waals surface area (Å²) in [6.07, 6.45) is 0.980. The summed E-state index contributed by atoms with van der Waals surface area (Å²) in [5.41, 5.74) is 0. The van der Waals surface area contributed by atoms with Gasteiger partial charge >= 0.3 is 12.0 Å². The zero-order chi connectivity index (χ0) is 15.1. The molecule has 0 spiro atoms. The molecule has 1 N–H and O–H groups in total. The second-order valence-electron chi connectivity index (χ2n) is 4.69. The van der Waals surface area contributed by atoms with Crippen LogP contribution in [0.2, 0.25) is 0 Å². The SMILES string of the molecule is CCCNc1nc(OCc2cccs2)nc(OC(C)C)n1. The minimum absolute atomic E-state index is 0.00317. The molecule has 0 atom stereocenters. The van der Waals surface area contributed by atoms with Crippen molar-refractivity contribution in [3.63, 3.8) is 0 Å². The highest BCUT2D eigenvalue weighted by atomic mass is 32.1. The van der Waals surface area contributed by atoms with Gasteiger partial charge in [-0.15, -0.1) is 16.3 Å². The molecule has 6 nitrogen and oxygen atoms in total. The Bertz CT molecular complexity index is 546. The molecule has 114 valence electrons. The summed E-state index contributed by atoms with van der Waals surface area (Å²) in [6.45, 7) is 7.16. The predicted molar refractivity (Wildman–Crippen MR) is 83.0 cm³/mol. The van der Waals surface area contributed by atoms with Crippen LogP contribution in [0.4, 0.5) is 5.95 Å². The number of hydrogen-bond acceptors (Lipinski definition) is 7. The number of nitrogens with one attached hydrogen (secondary N) is 1. The second-order valence-corrected chi connectivity index (χ2v) is 5.72. The van der Waals surface area contributed by atoms with Gasteiger partial charge in [-0.25, -0.2) is 0 Å². The van der Waals surface area contributed by atoms with Gasteiger partial charge in [-0.3, -0.25) is 0 Å². The molecule has 0 aromatic carbocycles. The summed E-state index contributed by atoms with van der Waals surface area (Å²) < 4.78 is 11.2. The van der Waals surface area contributed by atoms with Crippen molar-refractivity contribution in [2.75, 3.05) is 11.9 Å². The van der Waals surface area contributed by atoms with Gasteiger partial charge in [0.25, 0.3) is 0 Å². The molecule has 0 aliphatic rings.